The third-order valence-corrected chi connectivity index (χ3v) is 2.87. The van der Waals surface area contributed by atoms with Gasteiger partial charge in [0.05, 0.1) is 11.8 Å². The van der Waals surface area contributed by atoms with Gasteiger partial charge in [-0.1, -0.05) is 0 Å². The van der Waals surface area contributed by atoms with Gasteiger partial charge in [-0.25, -0.2) is 0 Å². The number of hydrogen-bond donors (Lipinski definition) is 2. The molecule has 0 saturated carbocycles. The average molecular weight is 272 g/mol. The zero-order valence-electron chi connectivity index (χ0n) is 11.6. The fourth-order valence-electron chi connectivity index (χ4n) is 1.73. The zero-order chi connectivity index (χ0) is 14.7. The van der Waals surface area contributed by atoms with Crippen LogP contribution in [0, 0.1) is 6.92 Å². The molecule has 0 saturated heterocycles. The number of hydrogen-bond acceptors (Lipinski definition) is 3. The molecule has 0 atom stereocenters. The summed E-state index contributed by atoms with van der Waals surface area (Å²) in [6, 6.07) is 6.76. The van der Waals surface area contributed by atoms with Gasteiger partial charge in [-0.05, 0) is 31.2 Å². The normalized spacial score (nSPS) is 10.2. The number of amides is 2. The molecule has 0 radical (unpaired) electrons. The minimum Gasteiger partial charge on any atom is -0.345 e. The number of rotatable bonds is 3. The van der Waals surface area contributed by atoms with E-state index in [4.69, 9.17) is 0 Å². The van der Waals surface area contributed by atoms with Gasteiger partial charge in [0.2, 0.25) is 0 Å². The lowest BCUT2D eigenvalue weighted by molar-refractivity contribution is 0.0827. The van der Waals surface area contributed by atoms with Crippen molar-refractivity contribution in [3.8, 4) is 0 Å². The van der Waals surface area contributed by atoms with E-state index in [2.05, 4.69) is 15.5 Å². The van der Waals surface area contributed by atoms with Crippen molar-refractivity contribution >= 4 is 17.5 Å². The molecule has 2 amide bonds. The lowest BCUT2D eigenvalue weighted by atomic mass is 10.1. The third-order valence-electron chi connectivity index (χ3n) is 2.87. The molecule has 104 valence electrons. The van der Waals surface area contributed by atoms with Crippen molar-refractivity contribution < 1.29 is 9.59 Å². The van der Waals surface area contributed by atoms with Gasteiger partial charge in [0.15, 0.2) is 0 Å². The number of aromatic amines is 1. The lowest BCUT2D eigenvalue weighted by Crippen LogP contribution is -2.21. The molecule has 0 aliphatic heterocycles. The van der Waals surface area contributed by atoms with Crippen molar-refractivity contribution in [2.75, 3.05) is 19.4 Å². The van der Waals surface area contributed by atoms with Gasteiger partial charge in [0.25, 0.3) is 11.8 Å². The summed E-state index contributed by atoms with van der Waals surface area (Å²) >= 11 is 0. The van der Waals surface area contributed by atoms with E-state index in [0.29, 0.717) is 22.5 Å². The molecule has 0 bridgehead atoms. The Morgan fingerprint density at radius 2 is 1.85 bits per heavy atom. The summed E-state index contributed by atoms with van der Waals surface area (Å²) in [5, 5.41) is 9.27. The Hall–Kier alpha value is -2.63. The molecule has 1 aromatic heterocycles. The molecule has 0 aliphatic rings. The molecule has 1 heterocycles. The number of benzene rings is 1. The largest absolute Gasteiger partial charge is 0.345 e. The van der Waals surface area contributed by atoms with Crippen molar-refractivity contribution in [3.05, 3.63) is 47.3 Å². The third kappa shape index (κ3) is 2.85. The second-order valence-electron chi connectivity index (χ2n) is 4.64. The van der Waals surface area contributed by atoms with Gasteiger partial charge in [-0.15, -0.1) is 0 Å². The number of aryl methyl sites for hydroxylation is 1. The van der Waals surface area contributed by atoms with Crippen molar-refractivity contribution in [1.82, 2.24) is 15.1 Å². The second kappa shape index (κ2) is 5.56. The smallest absolute Gasteiger partial charge is 0.259 e. The number of anilines is 1. The molecule has 0 aliphatic carbocycles. The van der Waals surface area contributed by atoms with Crippen molar-refractivity contribution in [1.29, 1.82) is 0 Å². The molecule has 1 aromatic carbocycles. The summed E-state index contributed by atoms with van der Waals surface area (Å²) in [6.45, 7) is 1.78. The maximum Gasteiger partial charge on any atom is 0.259 e. The van der Waals surface area contributed by atoms with E-state index in [1.165, 1.54) is 11.1 Å². The van der Waals surface area contributed by atoms with E-state index in [9.17, 15) is 9.59 Å². The van der Waals surface area contributed by atoms with Crippen LogP contribution in [-0.2, 0) is 0 Å². The van der Waals surface area contributed by atoms with Crippen molar-refractivity contribution in [3.63, 3.8) is 0 Å². The quantitative estimate of drug-likeness (QED) is 0.892. The van der Waals surface area contributed by atoms with E-state index in [1.54, 1.807) is 45.3 Å². The molecule has 0 unspecified atom stereocenters. The van der Waals surface area contributed by atoms with E-state index in [1.807, 2.05) is 0 Å². The van der Waals surface area contributed by atoms with Crippen LogP contribution in [0.4, 0.5) is 5.69 Å². The molecular weight excluding hydrogens is 256 g/mol. The highest BCUT2D eigenvalue weighted by Crippen LogP contribution is 2.13. The summed E-state index contributed by atoms with van der Waals surface area (Å²) in [4.78, 5) is 25.2. The number of carbonyl (C=O) groups is 2. The fourth-order valence-corrected chi connectivity index (χ4v) is 1.73. The summed E-state index contributed by atoms with van der Waals surface area (Å²) in [6.07, 6.45) is 1.48. The molecule has 20 heavy (non-hydrogen) atoms. The predicted molar refractivity (Wildman–Crippen MR) is 75.7 cm³/mol. The summed E-state index contributed by atoms with van der Waals surface area (Å²) < 4.78 is 0. The molecule has 0 spiro atoms. The Balaban J connectivity index is 2.10. The van der Waals surface area contributed by atoms with E-state index in [0.717, 1.165) is 0 Å². The second-order valence-corrected chi connectivity index (χ2v) is 4.64. The van der Waals surface area contributed by atoms with Crippen molar-refractivity contribution in [2.45, 2.75) is 6.92 Å². The molecule has 2 rings (SSSR count). The highest BCUT2D eigenvalue weighted by molar-refractivity contribution is 6.05. The minimum absolute atomic E-state index is 0.0754. The molecule has 2 aromatic rings. The van der Waals surface area contributed by atoms with Crippen LogP contribution in [0.15, 0.2) is 30.5 Å². The summed E-state index contributed by atoms with van der Waals surface area (Å²) in [5.41, 5.74) is 2.42. The number of nitrogens with one attached hydrogen (secondary N) is 2. The average Bonchev–Trinajstić information content (AvgIpc) is 2.85. The van der Waals surface area contributed by atoms with Gasteiger partial charge >= 0.3 is 0 Å². The Kier molecular flexibility index (Phi) is 3.84. The SMILES string of the molecule is Cc1[nH]ncc1C(=O)Nc1ccc(C(=O)N(C)C)cc1. The van der Waals surface area contributed by atoms with Gasteiger partial charge in [-0.2, -0.15) is 5.10 Å². The number of H-pyrrole nitrogens is 1. The van der Waals surface area contributed by atoms with Crippen LogP contribution in [0.2, 0.25) is 0 Å². The first kappa shape index (κ1) is 13.8. The van der Waals surface area contributed by atoms with Crippen LogP contribution >= 0.6 is 0 Å². The van der Waals surface area contributed by atoms with Crippen LogP contribution in [0.1, 0.15) is 26.4 Å². The van der Waals surface area contributed by atoms with Crippen LogP contribution in [0.3, 0.4) is 0 Å². The standard InChI is InChI=1S/C14H16N4O2/c1-9-12(8-15-17-9)13(19)16-11-6-4-10(5-7-11)14(20)18(2)3/h4-8H,1-3H3,(H,15,17)(H,16,19). The first-order chi connectivity index (χ1) is 9.49. The van der Waals surface area contributed by atoms with Crippen LogP contribution in [0.5, 0.6) is 0 Å². The Morgan fingerprint density at radius 3 is 2.35 bits per heavy atom. The predicted octanol–water partition coefficient (Wildman–Crippen LogP) is 1.67. The molecule has 6 heteroatoms. The highest BCUT2D eigenvalue weighted by Gasteiger charge is 2.12. The van der Waals surface area contributed by atoms with E-state index >= 15 is 0 Å². The Labute approximate surface area is 116 Å². The molecule has 6 nitrogen and oxygen atoms in total. The number of nitrogens with zero attached hydrogens (tertiary/aromatic N) is 2. The zero-order valence-corrected chi connectivity index (χ0v) is 11.6. The van der Waals surface area contributed by atoms with Crippen LogP contribution in [-0.4, -0.2) is 41.0 Å². The van der Waals surface area contributed by atoms with Gasteiger partial charge in [0.1, 0.15) is 0 Å². The maximum atomic E-state index is 12.0. The summed E-state index contributed by atoms with van der Waals surface area (Å²) in [5.74, 6) is -0.309. The van der Waals surface area contributed by atoms with Crippen LogP contribution in [0.25, 0.3) is 0 Å². The fraction of sp³-hybridized carbons (Fsp3) is 0.214. The Morgan fingerprint density at radius 1 is 1.20 bits per heavy atom. The topological polar surface area (TPSA) is 78.1 Å². The first-order valence-corrected chi connectivity index (χ1v) is 6.12. The van der Waals surface area contributed by atoms with Gasteiger partial charge in [0, 0.05) is 31.0 Å². The number of aromatic nitrogens is 2. The molecular formula is C14H16N4O2. The van der Waals surface area contributed by atoms with Crippen LogP contribution < -0.4 is 5.32 Å². The maximum absolute atomic E-state index is 12.0. The highest BCUT2D eigenvalue weighted by atomic mass is 16.2. The minimum atomic E-state index is -0.233. The summed E-state index contributed by atoms with van der Waals surface area (Å²) in [7, 11) is 3.39. The molecule has 0 fully saturated rings. The molecule has 2 N–H and O–H groups in total. The number of carbonyl (C=O) groups excluding carboxylic acids is 2. The monoisotopic (exact) mass is 272 g/mol. The van der Waals surface area contributed by atoms with Gasteiger partial charge < -0.3 is 10.2 Å². The Bertz CT molecular complexity index is 629. The van der Waals surface area contributed by atoms with E-state index in [-0.39, 0.29) is 11.8 Å². The first-order valence-electron chi connectivity index (χ1n) is 6.12. The van der Waals surface area contributed by atoms with E-state index < -0.39 is 0 Å². The van der Waals surface area contributed by atoms with Crippen molar-refractivity contribution in [2.24, 2.45) is 0 Å². The lowest BCUT2D eigenvalue weighted by Gasteiger charge is -2.10. The van der Waals surface area contributed by atoms with Gasteiger partial charge in [-0.3, -0.25) is 14.7 Å².